The van der Waals surface area contributed by atoms with Crippen molar-refractivity contribution in [2.75, 3.05) is 27.3 Å². The Kier molecular flexibility index (Phi) is 6.17. The van der Waals surface area contributed by atoms with Gasteiger partial charge in [-0.1, -0.05) is 0 Å². The minimum atomic E-state index is -0.00301. The summed E-state index contributed by atoms with van der Waals surface area (Å²) in [5, 5.41) is 0. The van der Waals surface area contributed by atoms with E-state index in [1.807, 2.05) is 17.8 Å². The second kappa shape index (κ2) is 8.33. The average molecular weight is 317 g/mol. The van der Waals surface area contributed by atoms with Gasteiger partial charge in [0, 0.05) is 52.3 Å². The summed E-state index contributed by atoms with van der Waals surface area (Å²) < 4.78 is 12.6. The van der Waals surface area contributed by atoms with E-state index in [9.17, 15) is 4.79 Å². The third-order valence-electron chi connectivity index (χ3n) is 3.58. The first-order chi connectivity index (χ1) is 11.1. The second-order valence-electron chi connectivity index (χ2n) is 5.34. The van der Waals surface area contributed by atoms with Crippen molar-refractivity contribution in [3.63, 3.8) is 0 Å². The number of imidazole rings is 1. The van der Waals surface area contributed by atoms with Gasteiger partial charge in [-0.15, -0.1) is 0 Å². The molecule has 124 valence electrons. The number of carbonyl (C=O) groups excluding carboxylic acids is 1. The van der Waals surface area contributed by atoms with Crippen LogP contribution in [0.25, 0.3) is 0 Å². The number of methoxy groups -OCH3 is 1. The van der Waals surface area contributed by atoms with Crippen LogP contribution in [0.3, 0.4) is 0 Å². The predicted octanol–water partition coefficient (Wildman–Crippen LogP) is 2.11. The fraction of sp³-hybridized carbons (Fsp3) is 0.412. The number of carbonyl (C=O) groups is 1. The Bertz CT molecular complexity index is 622. The average Bonchev–Trinajstić information content (AvgIpc) is 2.98. The fourth-order valence-electron chi connectivity index (χ4n) is 2.15. The molecule has 23 heavy (non-hydrogen) atoms. The molecule has 0 saturated heterocycles. The first kappa shape index (κ1) is 17.0. The van der Waals surface area contributed by atoms with Crippen molar-refractivity contribution in [3.05, 3.63) is 48.0 Å². The number of benzene rings is 1. The maximum atomic E-state index is 12.3. The predicted molar refractivity (Wildman–Crippen MR) is 87.4 cm³/mol. The molecule has 0 N–H and O–H groups in total. The molecule has 0 spiro atoms. The summed E-state index contributed by atoms with van der Waals surface area (Å²) in [7, 11) is 5.38. The molecule has 0 fully saturated rings. The molecule has 0 unspecified atom stereocenters. The minimum Gasteiger partial charge on any atom is -0.486 e. The Labute approximate surface area is 136 Å². The number of nitrogens with zero attached hydrogens (tertiary/aromatic N) is 3. The number of aromatic nitrogens is 2. The fourth-order valence-corrected chi connectivity index (χ4v) is 2.15. The Morgan fingerprint density at radius 2 is 2.04 bits per heavy atom. The van der Waals surface area contributed by atoms with Gasteiger partial charge in [0.25, 0.3) is 5.91 Å². The zero-order valence-electron chi connectivity index (χ0n) is 13.9. The molecule has 1 aromatic heterocycles. The van der Waals surface area contributed by atoms with E-state index in [4.69, 9.17) is 9.47 Å². The second-order valence-corrected chi connectivity index (χ2v) is 5.34. The van der Waals surface area contributed by atoms with E-state index in [-0.39, 0.29) is 5.91 Å². The molecule has 0 atom stereocenters. The molecule has 2 rings (SSSR count). The number of hydrogen-bond donors (Lipinski definition) is 0. The van der Waals surface area contributed by atoms with E-state index in [2.05, 4.69) is 4.98 Å². The van der Waals surface area contributed by atoms with Gasteiger partial charge in [0.1, 0.15) is 18.2 Å². The third kappa shape index (κ3) is 4.82. The van der Waals surface area contributed by atoms with Crippen molar-refractivity contribution < 1.29 is 14.3 Å². The lowest BCUT2D eigenvalue weighted by atomic mass is 10.2. The van der Waals surface area contributed by atoms with Gasteiger partial charge in [0.05, 0.1) is 0 Å². The van der Waals surface area contributed by atoms with Gasteiger partial charge in [-0.05, 0) is 30.7 Å². The molecule has 6 heteroatoms. The number of ether oxygens (including phenoxy) is 2. The lowest BCUT2D eigenvalue weighted by Crippen LogP contribution is -2.28. The highest BCUT2D eigenvalue weighted by atomic mass is 16.5. The van der Waals surface area contributed by atoms with E-state index < -0.39 is 0 Å². The van der Waals surface area contributed by atoms with Crippen LogP contribution in [0.1, 0.15) is 22.6 Å². The summed E-state index contributed by atoms with van der Waals surface area (Å²) in [6.45, 7) is 1.72. The van der Waals surface area contributed by atoms with Crippen LogP contribution < -0.4 is 4.74 Å². The van der Waals surface area contributed by atoms with Crippen LogP contribution in [0.5, 0.6) is 5.75 Å². The van der Waals surface area contributed by atoms with Crippen molar-refractivity contribution in [1.82, 2.24) is 14.5 Å². The maximum absolute atomic E-state index is 12.3. The molecule has 0 radical (unpaired) electrons. The standard InChI is InChI=1S/C17H23N3O3/c1-19-11-9-18-16(19)13-23-15-7-5-14(6-8-15)17(21)20(2)10-4-12-22-3/h5-9,11H,4,10,12-13H2,1-3H3. The molecule has 1 heterocycles. The summed E-state index contributed by atoms with van der Waals surface area (Å²) in [6, 6.07) is 7.17. The maximum Gasteiger partial charge on any atom is 0.253 e. The van der Waals surface area contributed by atoms with E-state index in [0.29, 0.717) is 31.1 Å². The number of amides is 1. The van der Waals surface area contributed by atoms with Gasteiger partial charge >= 0.3 is 0 Å². The van der Waals surface area contributed by atoms with Crippen LogP contribution in [-0.2, 0) is 18.4 Å². The summed E-state index contributed by atoms with van der Waals surface area (Å²) in [4.78, 5) is 18.2. The number of hydrogen-bond acceptors (Lipinski definition) is 4. The monoisotopic (exact) mass is 317 g/mol. The number of aryl methyl sites for hydroxylation is 1. The van der Waals surface area contributed by atoms with E-state index in [1.54, 1.807) is 49.5 Å². The normalized spacial score (nSPS) is 10.6. The lowest BCUT2D eigenvalue weighted by molar-refractivity contribution is 0.0779. The van der Waals surface area contributed by atoms with Crippen LogP contribution in [-0.4, -0.2) is 47.7 Å². The summed E-state index contributed by atoms with van der Waals surface area (Å²) in [6.07, 6.45) is 4.43. The van der Waals surface area contributed by atoms with Crippen molar-refractivity contribution in [2.24, 2.45) is 7.05 Å². The lowest BCUT2D eigenvalue weighted by Gasteiger charge is -2.17. The van der Waals surface area contributed by atoms with Gasteiger partial charge in [-0.2, -0.15) is 0 Å². The first-order valence-electron chi connectivity index (χ1n) is 7.55. The molecule has 0 saturated carbocycles. The van der Waals surface area contributed by atoms with Gasteiger partial charge in [0.2, 0.25) is 0 Å². The Morgan fingerprint density at radius 1 is 1.30 bits per heavy atom. The van der Waals surface area contributed by atoms with Crippen molar-refractivity contribution in [2.45, 2.75) is 13.0 Å². The zero-order valence-corrected chi connectivity index (χ0v) is 13.9. The van der Waals surface area contributed by atoms with Gasteiger partial charge in [-0.3, -0.25) is 4.79 Å². The van der Waals surface area contributed by atoms with Crippen molar-refractivity contribution in [3.8, 4) is 5.75 Å². The van der Waals surface area contributed by atoms with Gasteiger partial charge in [-0.25, -0.2) is 4.98 Å². The minimum absolute atomic E-state index is 0.00301. The summed E-state index contributed by atoms with van der Waals surface area (Å²) >= 11 is 0. The molecular weight excluding hydrogens is 294 g/mol. The molecule has 1 amide bonds. The molecular formula is C17H23N3O3. The highest BCUT2D eigenvalue weighted by molar-refractivity contribution is 5.94. The Hall–Kier alpha value is -2.34. The summed E-state index contributed by atoms with van der Waals surface area (Å²) in [5.41, 5.74) is 0.647. The molecule has 6 nitrogen and oxygen atoms in total. The molecule has 2 aromatic rings. The molecule has 0 aliphatic heterocycles. The van der Waals surface area contributed by atoms with Crippen LogP contribution >= 0.6 is 0 Å². The van der Waals surface area contributed by atoms with Crippen LogP contribution in [0.15, 0.2) is 36.7 Å². The Morgan fingerprint density at radius 3 is 2.65 bits per heavy atom. The topological polar surface area (TPSA) is 56.6 Å². The largest absolute Gasteiger partial charge is 0.486 e. The highest BCUT2D eigenvalue weighted by Crippen LogP contribution is 2.15. The first-order valence-corrected chi connectivity index (χ1v) is 7.55. The van der Waals surface area contributed by atoms with Crippen LogP contribution in [0.2, 0.25) is 0 Å². The Balaban J connectivity index is 1.88. The molecule has 0 aliphatic rings. The van der Waals surface area contributed by atoms with E-state index >= 15 is 0 Å². The third-order valence-corrected chi connectivity index (χ3v) is 3.58. The molecule has 1 aromatic carbocycles. The summed E-state index contributed by atoms with van der Waals surface area (Å²) in [5.74, 6) is 1.56. The molecule has 0 bridgehead atoms. The molecule has 0 aliphatic carbocycles. The van der Waals surface area contributed by atoms with Gasteiger partial charge in [0.15, 0.2) is 0 Å². The van der Waals surface area contributed by atoms with E-state index in [0.717, 1.165) is 12.2 Å². The van der Waals surface area contributed by atoms with Crippen LogP contribution in [0.4, 0.5) is 0 Å². The quantitative estimate of drug-likeness (QED) is 0.700. The number of rotatable bonds is 8. The smallest absolute Gasteiger partial charge is 0.253 e. The van der Waals surface area contributed by atoms with Gasteiger partial charge < -0.3 is 18.9 Å². The van der Waals surface area contributed by atoms with Crippen molar-refractivity contribution >= 4 is 5.91 Å². The van der Waals surface area contributed by atoms with Crippen LogP contribution in [0, 0.1) is 0 Å². The van der Waals surface area contributed by atoms with E-state index in [1.165, 1.54) is 0 Å². The zero-order chi connectivity index (χ0) is 16.7. The van der Waals surface area contributed by atoms with Crippen molar-refractivity contribution in [1.29, 1.82) is 0 Å². The highest BCUT2D eigenvalue weighted by Gasteiger charge is 2.11. The SMILES string of the molecule is COCCCN(C)C(=O)c1ccc(OCc2nccn2C)cc1.